The number of hydrogen-bond donors (Lipinski definition) is 0. The molecule has 3 aromatic carbocycles. The van der Waals surface area contributed by atoms with Crippen LogP contribution in [0.2, 0.25) is 0 Å². The van der Waals surface area contributed by atoms with Crippen LogP contribution in [0.1, 0.15) is 5.56 Å². The lowest BCUT2D eigenvalue weighted by molar-refractivity contribution is -0.139. The van der Waals surface area contributed by atoms with E-state index in [0.717, 1.165) is 18.2 Å². The largest absolute Gasteiger partial charge is 0.417 e. The van der Waals surface area contributed by atoms with Gasteiger partial charge in [-0.2, -0.15) is 33.7 Å². The SMILES string of the molecule is O=S(=O)(c1ccccc1C(F)(F)F)N1c2cccc3cccc(c23)S1(=O)=O. The van der Waals surface area contributed by atoms with Crippen LogP contribution in [0.15, 0.2) is 70.5 Å². The molecule has 0 fully saturated rings. The van der Waals surface area contributed by atoms with Crippen molar-refractivity contribution >= 4 is 36.5 Å². The van der Waals surface area contributed by atoms with Gasteiger partial charge in [-0.1, -0.05) is 36.4 Å². The highest BCUT2D eigenvalue weighted by Crippen LogP contribution is 2.46. The van der Waals surface area contributed by atoms with Crippen molar-refractivity contribution in [3.63, 3.8) is 0 Å². The molecule has 0 atom stereocenters. The molecule has 10 heteroatoms. The van der Waals surface area contributed by atoms with Crippen molar-refractivity contribution in [1.82, 2.24) is 0 Å². The molecule has 0 saturated heterocycles. The van der Waals surface area contributed by atoms with Gasteiger partial charge in [-0.25, -0.2) is 0 Å². The number of rotatable bonds is 2. The fourth-order valence-corrected chi connectivity index (χ4v) is 7.28. The van der Waals surface area contributed by atoms with Crippen LogP contribution in [0.25, 0.3) is 10.8 Å². The molecule has 0 spiro atoms. The Morgan fingerprint density at radius 2 is 1.48 bits per heavy atom. The summed E-state index contributed by atoms with van der Waals surface area (Å²) in [7, 11) is -9.64. The number of anilines is 1. The fourth-order valence-electron chi connectivity index (χ4n) is 3.15. The van der Waals surface area contributed by atoms with Gasteiger partial charge in [-0.3, -0.25) is 0 Å². The Hall–Kier alpha value is -2.59. The maximum Gasteiger partial charge on any atom is 0.417 e. The Kier molecular flexibility index (Phi) is 3.60. The summed E-state index contributed by atoms with van der Waals surface area (Å²) in [5.41, 5.74) is -1.62. The molecule has 0 aromatic heterocycles. The first-order valence-corrected chi connectivity index (χ1v) is 10.4. The van der Waals surface area contributed by atoms with Gasteiger partial charge in [0.05, 0.1) is 16.1 Å². The summed E-state index contributed by atoms with van der Waals surface area (Å²) in [6.07, 6.45) is -4.97. The number of halogens is 3. The van der Waals surface area contributed by atoms with Gasteiger partial charge in [0.2, 0.25) is 0 Å². The molecule has 1 heterocycles. The van der Waals surface area contributed by atoms with Crippen LogP contribution in [0.4, 0.5) is 18.9 Å². The van der Waals surface area contributed by atoms with Gasteiger partial charge in [0.25, 0.3) is 20.0 Å². The summed E-state index contributed by atoms with van der Waals surface area (Å²) in [6.45, 7) is 0. The van der Waals surface area contributed by atoms with E-state index in [2.05, 4.69) is 0 Å². The van der Waals surface area contributed by atoms with Gasteiger partial charge in [-0.15, -0.1) is 0 Å². The van der Waals surface area contributed by atoms with E-state index in [1.54, 1.807) is 12.1 Å². The summed E-state index contributed by atoms with van der Waals surface area (Å²) in [4.78, 5) is -1.38. The quantitative estimate of drug-likeness (QED) is 0.642. The van der Waals surface area contributed by atoms with Crippen LogP contribution in [-0.4, -0.2) is 16.8 Å². The molecule has 0 saturated carbocycles. The normalized spacial score (nSPS) is 16.0. The van der Waals surface area contributed by atoms with Gasteiger partial charge < -0.3 is 0 Å². The Labute approximate surface area is 152 Å². The van der Waals surface area contributed by atoms with Crippen LogP contribution in [0, 0.1) is 0 Å². The van der Waals surface area contributed by atoms with Crippen LogP contribution < -0.4 is 3.71 Å². The van der Waals surface area contributed by atoms with Crippen LogP contribution >= 0.6 is 0 Å². The summed E-state index contributed by atoms with van der Waals surface area (Å²) >= 11 is 0. The molecule has 4 rings (SSSR count). The molecular weight excluding hydrogens is 403 g/mol. The molecule has 0 aliphatic carbocycles. The molecule has 0 N–H and O–H groups in total. The highest BCUT2D eigenvalue weighted by atomic mass is 32.3. The molecular formula is C17H10F3NO4S2. The summed E-state index contributed by atoms with van der Waals surface area (Å²) in [6, 6.07) is 12.1. The third kappa shape index (κ3) is 2.43. The average Bonchev–Trinajstić information content (AvgIpc) is 2.84. The topological polar surface area (TPSA) is 71.5 Å². The van der Waals surface area contributed by atoms with E-state index in [0.29, 0.717) is 11.5 Å². The van der Waals surface area contributed by atoms with Crippen molar-refractivity contribution in [2.45, 2.75) is 16.0 Å². The predicted molar refractivity (Wildman–Crippen MR) is 92.2 cm³/mol. The van der Waals surface area contributed by atoms with E-state index in [9.17, 15) is 30.0 Å². The van der Waals surface area contributed by atoms with E-state index >= 15 is 0 Å². The highest BCUT2D eigenvalue weighted by molar-refractivity contribution is 8.10. The molecule has 0 radical (unpaired) electrons. The van der Waals surface area contributed by atoms with E-state index in [-0.39, 0.29) is 19.7 Å². The Balaban J connectivity index is 2.05. The number of benzene rings is 3. The molecule has 140 valence electrons. The Morgan fingerprint density at radius 3 is 2.15 bits per heavy atom. The lowest BCUT2D eigenvalue weighted by Gasteiger charge is -2.21. The van der Waals surface area contributed by atoms with Gasteiger partial charge in [0.15, 0.2) is 0 Å². The zero-order chi connectivity index (χ0) is 19.6. The van der Waals surface area contributed by atoms with Crippen LogP contribution in [0.3, 0.4) is 0 Å². The standard InChI is InChI=1S/C17H10F3NO4S2/c18-17(19,20)12-7-1-2-9-14(12)26(22,23)21-13-8-3-5-11-6-4-10-15(16(11)13)27(21,24)25/h1-10H. The zero-order valence-electron chi connectivity index (χ0n) is 13.3. The molecule has 27 heavy (non-hydrogen) atoms. The lowest BCUT2D eigenvalue weighted by Crippen LogP contribution is -2.35. The van der Waals surface area contributed by atoms with Crippen molar-refractivity contribution in [1.29, 1.82) is 0 Å². The van der Waals surface area contributed by atoms with E-state index in [1.807, 2.05) is 0 Å². The number of hydrogen-bond acceptors (Lipinski definition) is 4. The van der Waals surface area contributed by atoms with Crippen molar-refractivity contribution < 1.29 is 30.0 Å². The number of nitrogens with zero attached hydrogens (tertiary/aromatic N) is 1. The minimum Gasteiger partial charge on any atom is -0.200 e. The summed E-state index contributed by atoms with van der Waals surface area (Å²) in [5.74, 6) is 0. The van der Waals surface area contributed by atoms with Gasteiger partial charge in [-0.05, 0) is 29.7 Å². The second-order valence-electron chi connectivity index (χ2n) is 5.83. The van der Waals surface area contributed by atoms with Crippen molar-refractivity contribution in [2.24, 2.45) is 0 Å². The molecule has 1 aliphatic rings. The monoisotopic (exact) mass is 413 g/mol. The fraction of sp³-hybridized carbons (Fsp3) is 0.0588. The second-order valence-corrected chi connectivity index (χ2v) is 9.57. The molecule has 5 nitrogen and oxygen atoms in total. The zero-order valence-corrected chi connectivity index (χ0v) is 14.9. The maximum absolute atomic E-state index is 13.3. The molecule has 0 unspecified atom stereocenters. The van der Waals surface area contributed by atoms with Crippen molar-refractivity contribution in [3.8, 4) is 0 Å². The van der Waals surface area contributed by atoms with Gasteiger partial charge >= 0.3 is 6.18 Å². The van der Waals surface area contributed by atoms with Crippen molar-refractivity contribution in [2.75, 3.05) is 3.71 Å². The van der Waals surface area contributed by atoms with E-state index < -0.39 is 36.7 Å². The average molecular weight is 413 g/mol. The highest BCUT2D eigenvalue weighted by Gasteiger charge is 2.47. The van der Waals surface area contributed by atoms with Gasteiger partial charge in [0.1, 0.15) is 4.90 Å². The third-order valence-electron chi connectivity index (χ3n) is 4.23. The first-order chi connectivity index (χ1) is 12.6. The molecule has 1 aliphatic heterocycles. The van der Waals surface area contributed by atoms with E-state index in [4.69, 9.17) is 0 Å². The minimum absolute atomic E-state index is 0.0856. The van der Waals surface area contributed by atoms with E-state index in [1.165, 1.54) is 24.3 Å². The maximum atomic E-state index is 13.3. The van der Waals surface area contributed by atoms with Crippen LogP contribution in [-0.2, 0) is 26.2 Å². The Morgan fingerprint density at radius 1 is 0.852 bits per heavy atom. The number of alkyl halides is 3. The van der Waals surface area contributed by atoms with Crippen LogP contribution in [0.5, 0.6) is 0 Å². The first-order valence-electron chi connectivity index (χ1n) is 7.55. The summed E-state index contributed by atoms with van der Waals surface area (Å²) < 4.78 is 92.0. The summed E-state index contributed by atoms with van der Waals surface area (Å²) in [5, 5.41) is 0.628. The molecule has 3 aromatic rings. The lowest BCUT2D eigenvalue weighted by atomic mass is 10.1. The minimum atomic E-state index is -5.05. The van der Waals surface area contributed by atoms with Gasteiger partial charge in [0, 0.05) is 5.39 Å². The first kappa shape index (κ1) is 17.8. The Bertz CT molecular complexity index is 1290. The third-order valence-corrected chi connectivity index (χ3v) is 8.48. The predicted octanol–water partition coefficient (Wildman–Crippen LogP) is 3.76. The second kappa shape index (κ2) is 5.46. The molecule has 0 bridgehead atoms. The smallest absolute Gasteiger partial charge is 0.200 e. The number of sulfonamides is 2. The molecule has 0 amide bonds. The van der Waals surface area contributed by atoms with Crippen molar-refractivity contribution in [3.05, 3.63) is 66.2 Å².